The van der Waals surface area contributed by atoms with Crippen molar-refractivity contribution in [2.45, 2.75) is 0 Å². The molecule has 0 aliphatic rings. The van der Waals surface area contributed by atoms with Crippen LogP contribution in [0.2, 0.25) is 0 Å². The van der Waals surface area contributed by atoms with Gasteiger partial charge in [0.1, 0.15) is 17.7 Å². The van der Waals surface area contributed by atoms with Crippen LogP contribution in [0, 0.1) is 11.3 Å². The van der Waals surface area contributed by atoms with E-state index in [9.17, 15) is 4.79 Å². The van der Waals surface area contributed by atoms with Crippen LogP contribution < -0.4 is 5.32 Å². The molecule has 0 spiro atoms. The molecule has 0 aliphatic heterocycles. The quantitative estimate of drug-likeness (QED) is 0.790. The van der Waals surface area contributed by atoms with Crippen molar-refractivity contribution in [3.63, 3.8) is 0 Å². The van der Waals surface area contributed by atoms with Gasteiger partial charge < -0.3 is 10.1 Å². The first-order valence-corrected chi connectivity index (χ1v) is 4.42. The summed E-state index contributed by atoms with van der Waals surface area (Å²) in [6.07, 6.45) is 0. The third-order valence-corrected chi connectivity index (χ3v) is 2.14. The maximum atomic E-state index is 11.0. The van der Waals surface area contributed by atoms with E-state index in [4.69, 9.17) is 5.26 Å². The van der Waals surface area contributed by atoms with Gasteiger partial charge in [-0.05, 0) is 11.4 Å². The molecule has 0 radical (unpaired) electrons. The first-order chi connectivity index (χ1) is 6.27. The topological polar surface area (TPSA) is 62.1 Å². The highest BCUT2D eigenvalue weighted by molar-refractivity contribution is 7.14. The van der Waals surface area contributed by atoms with Crippen molar-refractivity contribution < 1.29 is 9.53 Å². The van der Waals surface area contributed by atoms with Crippen LogP contribution in [-0.4, -0.2) is 19.6 Å². The van der Waals surface area contributed by atoms with Crippen LogP contribution in [-0.2, 0) is 9.53 Å². The number of nitrogens with one attached hydrogen (secondary N) is 1. The van der Waals surface area contributed by atoms with Crippen molar-refractivity contribution in [3.05, 3.63) is 17.0 Å². The van der Waals surface area contributed by atoms with Gasteiger partial charge >= 0.3 is 0 Å². The lowest BCUT2D eigenvalue weighted by atomic mass is 10.3. The van der Waals surface area contributed by atoms with Crippen LogP contribution in [0.15, 0.2) is 11.4 Å². The highest BCUT2D eigenvalue weighted by atomic mass is 32.1. The van der Waals surface area contributed by atoms with Gasteiger partial charge in [0.25, 0.3) is 5.91 Å². The number of carbonyl (C=O) groups excluding carboxylic acids is 1. The molecule has 1 aromatic heterocycles. The van der Waals surface area contributed by atoms with Crippen molar-refractivity contribution >= 4 is 22.2 Å². The summed E-state index contributed by atoms with van der Waals surface area (Å²) in [6, 6.07) is 3.64. The summed E-state index contributed by atoms with van der Waals surface area (Å²) in [4.78, 5) is 11.0. The molecule has 0 saturated carbocycles. The zero-order valence-electron chi connectivity index (χ0n) is 7.03. The summed E-state index contributed by atoms with van der Waals surface area (Å²) >= 11 is 1.32. The average Bonchev–Trinajstić information content (AvgIpc) is 2.52. The van der Waals surface area contributed by atoms with E-state index >= 15 is 0 Å². The molecule has 0 unspecified atom stereocenters. The number of nitriles is 1. The average molecular weight is 196 g/mol. The molecule has 1 heterocycles. The molecule has 1 N–H and O–H groups in total. The predicted molar refractivity (Wildman–Crippen MR) is 49.5 cm³/mol. The minimum absolute atomic E-state index is 0.00275. The summed E-state index contributed by atoms with van der Waals surface area (Å²) in [6.45, 7) is 0.00275. The van der Waals surface area contributed by atoms with Gasteiger partial charge in [0, 0.05) is 7.11 Å². The van der Waals surface area contributed by atoms with Gasteiger partial charge in [0.15, 0.2) is 0 Å². The summed E-state index contributed by atoms with van der Waals surface area (Å²) in [7, 11) is 1.44. The second-order valence-electron chi connectivity index (χ2n) is 2.26. The van der Waals surface area contributed by atoms with Crippen LogP contribution in [0.1, 0.15) is 5.56 Å². The fraction of sp³-hybridized carbons (Fsp3) is 0.250. The molecule has 0 aromatic carbocycles. The van der Waals surface area contributed by atoms with Gasteiger partial charge in [-0.15, -0.1) is 11.3 Å². The van der Waals surface area contributed by atoms with E-state index in [1.807, 2.05) is 6.07 Å². The second-order valence-corrected chi connectivity index (χ2v) is 3.17. The van der Waals surface area contributed by atoms with E-state index in [2.05, 4.69) is 10.1 Å². The maximum Gasteiger partial charge on any atom is 0.250 e. The monoisotopic (exact) mass is 196 g/mol. The Balaban J connectivity index is 2.64. The van der Waals surface area contributed by atoms with Crippen molar-refractivity contribution in [2.75, 3.05) is 19.0 Å². The zero-order valence-corrected chi connectivity index (χ0v) is 7.85. The fourth-order valence-electron chi connectivity index (χ4n) is 0.788. The van der Waals surface area contributed by atoms with Crippen molar-refractivity contribution in [2.24, 2.45) is 0 Å². The zero-order chi connectivity index (χ0) is 9.68. The smallest absolute Gasteiger partial charge is 0.250 e. The standard InChI is InChI=1S/C8H8N2O2S/c1-12-5-7(11)10-8-6(4-9)2-3-13-8/h2-3H,5H2,1H3,(H,10,11). The molecule has 4 nitrogen and oxygen atoms in total. The molecule has 0 saturated heterocycles. The van der Waals surface area contributed by atoms with E-state index in [0.29, 0.717) is 10.6 Å². The first kappa shape index (κ1) is 9.71. The molecule has 68 valence electrons. The van der Waals surface area contributed by atoms with Gasteiger partial charge in [-0.1, -0.05) is 0 Å². The minimum atomic E-state index is -0.249. The lowest BCUT2D eigenvalue weighted by Crippen LogP contribution is -2.16. The van der Waals surface area contributed by atoms with E-state index < -0.39 is 0 Å². The third kappa shape index (κ3) is 2.54. The normalized spacial score (nSPS) is 9.23. The van der Waals surface area contributed by atoms with Gasteiger partial charge in [0.05, 0.1) is 5.56 Å². The fourth-order valence-corrected chi connectivity index (χ4v) is 1.54. The highest BCUT2D eigenvalue weighted by Crippen LogP contribution is 2.21. The molecule has 0 atom stereocenters. The Hall–Kier alpha value is -1.38. The molecule has 0 bridgehead atoms. The molecule has 5 heteroatoms. The molecular formula is C8H8N2O2S. The third-order valence-electron chi connectivity index (χ3n) is 1.31. The molecule has 1 rings (SSSR count). The molecule has 0 fully saturated rings. The number of amides is 1. The molecule has 1 amide bonds. The van der Waals surface area contributed by atoms with Crippen LogP contribution in [0.3, 0.4) is 0 Å². The van der Waals surface area contributed by atoms with E-state index in [-0.39, 0.29) is 12.5 Å². The van der Waals surface area contributed by atoms with Crippen LogP contribution >= 0.6 is 11.3 Å². The van der Waals surface area contributed by atoms with E-state index in [0.717, 1.165) is 0 Å². The Morgan fingerprint density at radius 3 is 3.23 bits per heavy atom. The van der Waals surface area contributed by atoms with Gasteiger partial charge in [-0.3, -0.25) is 4.79 Å². The number of carbonyl (C=O) groups is 1. The lowest BCUT2D eigenvalue weighted by Gasteiger charge is -2.00. The number of thiophene rings is 1. The number of rotatable bonds is 3. The Kier molecular flexibility index (Phi) is 3.43. The van der Waals surface area contributed by atoms with Crippen LogP contribution in [0.4, 0.5) is 5.00 Å². The number of hydrogen-bond donors (Lipinski definition) is 1. The molecule has 0 aliphatic carbocycles. The number of nitrogens with zero attached hydrogens (tertiary/aromatic N) is 1. The van der Waals surface area contributed by atoms with Crippen molar-refractivity contribution in [3.8, 4) is 6.07 Å². The number of hydrogen-bond acceptors (Lipinski definition) is 4. The molecule has 13 heavy (non-hydrogen) atoms. The van der Waals surface area contributed by atoms with Gasteiger partial charge in [-0.2, -0.15) is 5.26 Å². The Labute approximate surface area is 79.7 Å². The second kappa shape index (κ2) is 4.60. The number of methoxy groups -OCH3 is 1. The Morgan fingerprint density at radius 2 is 2.62 bits per heavy atom. The number of ether oxygens (including phenoxy) is 1. The summed E-state index contributed by atoms with van der Waals surface area (Å²) in [5, 5.41) is 13.5. The predicted octanol–water partition coefficient (Wildman–Crippen LogP) is 1.20. The summed E-state index contributed by atoms with van der Waals surface area (Å²) < 4.78 is 4.64. The Bertz CT molecular complexity index is 340. The Morgan fingerprint density at radius 1 is 1.85 bits per heavy atom. The first-order valence-electron chi connectivity index (χ1n) is 3.54. The van der Waals surface area contributed by atoms with Crippen LogP contribution in [0.5, 0.6) is 0 Å². The van der Waals surface area contributed by atoms with Gasteiger partial charge in [-0.25, -0.2) is 0 Å². The van der Waals surface area contributed by atoms with Crippen molar-refractivity contribution in [1.82, 2.24) is 0 Å². The molecular weight excluding hydrogens is 188 g/mol. The van der Waals surface area contributed by atoms with Crippen molar-refractivity contribution in [1.29, 1.82) is 5.26 Å². The highest BCUT2D eigenvalue weighted by Gasteiger charge is 2.06. The summed E-state index contributed by atoms with van der Waals surface area (Å²) in [5.74, 6) is -0.249. The summed E-state index contributed by atoms with van der Waals surface area (Å²) in [5.41, 5.74) is 0.481. The largest absolute Gasteiger partial charge is 0.375 e. The molecule has 1 aromatic rings. The van der Waals surface area contributed by atoms with E-state index in [1.54, 1.807) is 11.4 Å². The lowest BCUT2D eigenvalue weighted by molar-refractivity contribution is -0.119. The van der Waals surface area contributed by atoms with E-state index in [1.165, 1.54) is 18.4 Å². The van der Waals surface area contributed by atoms with Gasteiger partial charge in [0.2, 0.25) is 0 Å². The maximum absolute atomic E-state index is 11.0. The minimum Gasteiger partial charge on any atom is -0.375 e. The van der Waals surface area contributed by atoms with Crippen LogP contribution in [0.25, 0.3) is 0 Å². The SMILES string of the molecule is COCC(=O)Nc1sccc1C#N. The number of anilines is 1.